The molecule has 0 aliphatic heterocycles. The number of carbonyl (C=O) groups is 1. The minimum absolute atomic E-state index is 0.0531. The summed E-state index contributed by atoms with van der Waals surface area (Å²) < 4.78 is 5.48. The van der Waals surface area contributed by atoms with Gasteiger partial charge in [0.1, 0.15) is 0 Å². The second-order valence-electron chi connectivity index (χ2n) is 5.30. The summed E-state index contributed by atoms with van der Waals surface area (Å²) in [5.41, 5.74) is 1.68. The van der Waals surface area contributed by atoms with Crippen molar-refractivity contribution >= 4 is 16.8 Å². The number of nitrogens with one attached hydrogen (secondary N) is 2. The van der Waals surface area contributed by atoms with Gasteiger partial charge in [0.15, 0.2) is 0 Å². The first-order valence-electron chi connectivity index (χ1n) is 7.10. The number of hydrogen-bond acceptors (Lipinski definition) is 2. The van der Waals surface area contributed by atoms with Crippen LogP contribution < -0.4 is 5.32 Å². The van der Waals surface area contributed by atoms with E-state index in [2.05, 4.69) is 24.1 Å². The van der Waals surface area contributed by atoms with Crippen LogP contribution in [0.4, 0.5) is 0 Å². The van der Waals surface area contributed by atoms with E-state index in [1.165, 1.54) is 0 Å². The van der Waals surface area contributed by atoms with Gasteiger partial charge in [-0.05, 0) is 30.5 Å². The van der Waals surface area contributed by atoms with Crippen LogP contribution in [0.5, 0.6) is 0 Å². The van der Waals surface area contributed by atoms with E-state index in [-0.39, 0.29) is 5.91 Å². The van der Waals surface area contributed by atoms with E-state index in [9.17, 15) is 4.79 Å². The average molecular weight is 274 g/mol. The number of aromatic nitrogens is 1. The van der Waals surface area contributed by atoms with E-state index in [1.54, 1.807) is 0 Å². The molecule has 20 heavy (non-hydrogen) atoms. The van der Waals surface area contributed by atoms with Crippen LogP contribution in [0, 0.1) is 5.92 Å². The fourth-order valence-electron chi connectivity index (χ4n) is 2.04. The highest BCUT2D eigenvalue weighted by Gasteiger charge is 2.09. The third kappa shape index (κ3) is 3.84. The van der Waals surface area contributed by atoms with Gasteiger partial charge in [-0.2, -0.15) is 0 Å². The molecular weight excluding hydrogens is 252 g/mol. The van der Waals surface area contributed by atoms with Gasteiger partial charge in [0.2, 0.25) is 0 Å². The Bertz CT molecular complexity index is 560. The predicted molar refractivity (Wildman–Crippen MR) is 80.9 cm³/mol. The van der Waals surface area contributed by atoms with Crippen molar-refractivity contribution in [1.82, 2.24) is 10.3 Å². The Kier molecular flexibility index (Phi) is 5.18. The van der Waals surface area contributed by atoms with Gasteiger partial charge in [0, 0.05) is 35.8 Å². The lowest BCUT2D eigenvalue weighted by atomic mass is 10.1. The maximum atomic E-state index is 12.1. The Morgan fingerprint density at radius 3 is 2.95 bits per heavy atom. The normalized spacial score (nSPS) is 11.2. The highest BCUT2D eigenvalue weighted by molar-refractivity contribution is 6.06. The highest BCUT2D eigenvalue weighted by Crippen LogP contribution is 2.16. The topological polar surface area (TPSA) is 54.1 Å². The highest BCUT2D eigenvalue weighted by atomic mass is 16.5. The molecule has 4 heteroatoms. The first-order chi connectivity index (χ1) is 9.68. The van der Waals surface area contributed by atoms with Crippen LogP contribution in [0.3, 0.4) is 0 Å². The largest absolute Gasteiger partial charge is 0.380 e. The Morgan fingerprint density at radius 1 is 1.30 bits per heavy atom. The number of amides is 1. The van der Waals surface area contributed by atoms with Gasteiger partial charge in [-0.15, -0.1) is 0 Å². The molecule has 1 aromatic heterocycles. The van der Waals surface area contributed by atoms with Crippen LogP contribution in [0.1, 0.15) is 30.6 Å². The number of ether oxygens (including phenoxy) is 1. The predicted octanol–water partition coefficient (Wildman–Crippen LogP) is 2.96. The van der Waals surface area contributed by atoms with E-state index in [0.717, 1.165) is 23.9 Å². The summed E-state index contributed by atoms with van der Waals surface area (Å²) in [7, 11) is 0. The molecule has 0 aliphatic rings. The number of aromatic amines is 1. The SMILES string of the molecule is CC(C)CCOCCNC(=O)c1cccc2[nH]ccc12. The quantitative estimate of drug-likeness (QED) is 0.763. The van der Waals surface area contributed by atoms with Crippen LogP contribution in [-0.2, 0) is 4.74 Å². The first-order valence-corrected chi connectivity index (χ1v) is 7.10. The van der Waals surface area contributed by atoms with Gasteiger partial charge in [0.05, 0.1) is 6.61 Å². The molecule has 0 radical (unpaired) electrons. The summed E-state index contributed by atoms with van der Waals surface area (Å²) in [5.74, 6) is 0.596. The number of benzene rings is 1. The van der Waals surface area contributed by atoms with Crippen molar-refractivity contribution in [3.8, 4) is 0 Å². The molecule has 2 aromatic rings. The minimum Gasteiger partial charge on any atom is -0.380 e. The smallest absolute Gasteiger partial charge is 0.252 e. The molecule has 4 nitrogen and oxygen atoms in total. The lowest BCUT2D eigenvalue weighted by molar-refractivity contribution is 0.0907. The van der Waals surface area contributed by atoms with Gasteiger partial charge in [-0.1, -0.05) is 19.9 Å². The van der Waals surface area contributed by atoms with Crippen LogP contribution >= 0.6 is 0 Å². The zero-order valence-corrected chi connectivity index (χ0v) is 12.1. The van der Waals surface area contributed by atoms with Crippen LogP contribution in [-0.4, -0.2) is 30.6 Å². The number of H-pyrrole nitrogens is 1. The number of hydrogen-bond donors (Lipinski definition) is 2. The average Bonchev–Trinajstić information content (AvgIpc) is 2.90. The monoisotopic (exact) mass is 274 g/mol. The third-order valence-electron chi connectivity index (χ3n) is 3.21. The Morgan fingerprint density at radius 2 is 2.15 bits per heavy atom. The molecule has 0 spiro atoms. The fourth-order valence-corrected chi connectivity index (χ4v) is 2.04. The van der Waals surface area contributed by atoms with Crippen LogP contribution in [0.25, 0.3) is 10.9 Å². The van der Waals surface area contributed by atoms with E-state index in [0.29, 0.717) is 24.6 Å². The molecule has 1 aromatic carbocycles. The standard InChI is InChI=1S/C16H22N2O2/c1-12(2)7-10-20-11-9-18-16(19)14-4-3-5-15-13(14)6-8-17-15/h3-6,8,12,17H,7,9-11H2,1-2H3,(H,18,19). The number of rotatable bonds is 7. The van der Waals surface area contributed by atoms with Crippen molar-refractivity contribution < 1.29 is 9.53 Å². The molecule has 0 bridgehead atoms. The molecule has 0 atom stereocenters. The second kappa shape index (κ2) is 7.10. The molecule has 0 fully saturated rings. The van der Waals surface area contributed by atoms with E-state index >= 15 is 0 Å². The molecule has 0 unspecified atom stereocenters. The van der Waals surface area contributed by atoms with Crippen LogP contribution in [0.2, 0.25) is 0 Å². The van der Waals surface area contributed by atoms with Crippen molar-refractivity contribution in [3.63, 3.8) is 0 Å². The summed E-state index contributed by atoms with van der Waals surface area (Å²) in [4.78, 5) is 15.2. The molecule has 0 saturated heterocycles. The van der Waals surface area contributed by atoms with Crippen molar-refractivity contribution in [2.45, 2.75) is 20.3 Å². The van der Waals surface area contributed by atoms with Crippen molar-refractivity contribution in [2.75, 3.05) is 19.8 Å². The Labute approximate surface area is 119 Å². The van der Waals surface area contributed by atoms with E-state index in [4.69, 9.17) is 4.74 Å². The van der Waals surface area contributed by atoms with Crippen molar-refractivity contribution in [3.05, 3.63) is 36.0 Å². The lowest BCUT2D eigenvalue weighted by Gasteiger charge is -2.08. The van der Waals surface area contributed by atoms with Crippen molar-refractivity contribution in [1.29, 1.82) is 0 Å². The Hall–Kier alpha value is -1.81. The molecule has 108 valence electrons. The maximum absolute atomic E-state index is 12.1. The second-order valence-corrected chi connectivity index (χ2v) is 5.30. The first kappa shape index (κ1) is 14.6. The number of carbonyl (C=O) groups excluding carboxylic acids is 1. The zero-order chi connectivity index (χ0) is 14.4. The number of fused-ring (bicyclic) bond motifs is 1. The molecule has 1 heterocycles. The lowest BCUT2D eigenvalue weighted by Crippen LogP contribution is -2.27. The molecular formula is C16H22N2O2. The molecule has 2 rings (SSSR count). The summed E-state index contributed by atoms with van der Waals surface area (Å²) in [6.07, 6.45) is 2.90. The molecule has 0 saturated carbocycles. The zero-order valence-electron chi connectivity index (χ0n) is 12.1. The fraction of sp³-hybridized carbons (Fsp3) is 0.438. The minimum atomic E-state index is -0.0531. The molecule has 0 aliphatic carbocycles. The van der Waals surface area contributed by atoms with Gasteiger partial charge in [-0.25, -0.2) is 0 Å². The summed E-state index contributed by atoms with van der Waals surface area (Å²) >= 11 is 0. The Balaban J connectivity index is 1.79. The van der Waals surface area contributed by atoms with Crippen molar-refractivity contribution in [2.24, 2.45) is 5.92 Å². The van der Waals surface area contributed by atoms with Gasteiger partial charge in [0.25, 0.3) is 5.91 Å². The summed E-state index contributed by atoms with van der Waals surface area (Å²) in [6, 6.07) is 7.60. The van der Waals surface area contributed by atoms with Gasteiger partial charge >= 0.3 is 0 Å². The molecule has 2 N–H and O–H groups in total. The van der Waals surface area contributed by atoms with Gasteiger partial charge < -0.3 is 15.0 Å². The third-order valence-corrected chi connectivity index (χ3v) is 3.21. The maximum Gasteiger partial charge on any atom is 0.252 e. The van der Waals surface area contributed by atoms with E-state index < -0.39 is 0 Å². The van der Waals surface area contributed by atoms with E-state index in [1.807, 2.05) is 30.5 Å². The van der Waals surface area contributed by atoms with Crippen LogP contribution in [0.15, 0.2) is 30.5 Å². The van der Waals surface area contributed by atoms with Gasteiger partial charge in [-0.3, -0.25) is 4.79 Å². The molecule has 1 amide bonds. The summed E-state index contributed by atoms with van der Waals surface area (Å²) in [5, 5.41) is 3.84. The summed E-state index contributed by atoms with van der Waals surface area (Å²) in [6.45, 7) is 6.19.